The number of hydrogen-bond donors (Lipinski definition) is 1. The van der Waals surface area contributed by atoms with Crippen molar-refractivity contribution in [2.24, 2.45) is 0 Å². The van der Waals surface area contributed by atoms with Gasteiger partial charge in [0.15, 0.2) is 0 Å². The van der Waals surface area contributed by atoms with E-state index in [-0.39, 0.29) is 12.0 Å². The molecular formula is C15H20N2O2. The highest BCUT2D eigenvalue weighted by atomic mass is 16.5. The van der Waals surface area contributed by atoms with E-state index in [4.69, 9.17) is 10.00 Å². The number of nitrogens with one attached hydrogen (secondary N) is 1. The van der Waals surface area contributed by atoms with Crippen LogP contribution in [0.15, 0.2) is 24.3 Å². The van der Waals surface area contributed by atoms with Crippen LogP contribution in [0.4, 0.5) is 0 Å². The van der Waals surface area contributed by atoms with Crippen molar-refractivity contribution in [1.82, 2.24) is 5.32 Å². The van der Waals surface area contributed by atoms with Gasteiger partial charge in [-0.3, -0.25) is 4.79 Å². The predicted octanol–water partition coefficient (Wildman–Crippen LogP) is 2.38. The van der Waals surface area contributed by atoms with Crippen LogP contribution in [0.1, 0.15) is 37.3 Å². The summed E-state index contributed by atoms with van der Waals surface area (Å²) in [4.78, 5) is 11.6. The number of ether oxygens (including phenoxy) is 1. The van der Waals surface area contributed by atoms with Crippen molar-refractivity contribution in [3.8, 4) is 6.07 Å². The number of unbranched alkanes of at least 4 members (excludes halogenated alkanes) is 1. The molecule has 0 bridgehead atoms. The molecule has 0 saturated carbocycles. The first kappa shape index (κ1) is 15.2. The first-order valence-corrected chi connectivity index (χ1v) is 6.51. The lowest BCUT2D eigenvalue weighted by Gasteiger charge is -2.16. The molecule has 0 aliphatic heterocycles. The SMILES string of the molecule is CCCCC(NCc1ccc(C#N)cc1)C(=O)OC. The number of esters is 1. The Hall–Kier alpha value is -1.86. The van der Waals surface area contributed by atoms with Crippen LogP contribution in [0.2, 0.25) is 0 Å². The van der Waals surface area contributed by atoms with Crippen molar-refractivity contribution >= 4 is 5.97 Å². The van der Waals surface area contributed by atoms with Gasteiger partial charge in [-0.15, -0.1) is 0 Å². The standard InChI is InChI=1S/C15H20N2O2/c1-3-4-5-14(15(18)19-2)17-11-13-8-6-12(10-16)7-9-13/h6-9,14,17H,3-5,11H2,1-2H3. The Morgan fingerprint density at radius 3 is 2.63 bits per heavy atom. The fourth-order valence-corrected chi connectivity index (χ4v) is 1.79. The van der Waals surface area contributed by atoms with Gasteiger partial charge in [0.1, 0.15) is 6.04 Å². The monoisotopic (exact) mass is 260 g/mol. The second-order valence-corrected chi connectivity index (χ2v) is 4.41. The third kappa shape index (κ3) is 5.11. The average molecular weight is 260 g/mol. The minimum absolute atomic E-state index is 0.220. The molecule has 1 aromatic carbocycles. The van der Waals surface area contributed by atoms with E-state index in [1.54, 1.807) is 12.1 Å². The molecule has 0 heterocycles. The van der Waals surface area contributed by atoms with Crippen LogP contribution in [0.5, 0.6) is 0 Å². The Labute approximate surface area is 114 Å². The number of nitrogens with zero attached hydrogens (tertiary/aromatic N) is 1. The predicted molar refractivity (Wildman–Crippen MR) is 73.3 cm³/mol. The van der Waals surface area contributed by atoms with Gasteiger partial charge < -0.3 is 10.1 Å². The van der Waals surface area contributed by atoms with Crippen molar-refractivity contribution in [2.75, 3.05) is 7.11 Å². The average Bonchev–Trinajstić information content (AvgIpc) is 2.47. The molecule has 0 amide bonds. The van der Waals surface area contributed by atoms with E-state index in [0.717, 1.165) is 24.8 Å². The number of methoxy groups -OCH3 is 1. The number of benzene rings is 1. The van der Waals surface area contributed by atoms with Crippen LogP contribution in [-0.4, -0.2) is 19.1 Å². The molecule has 1 atom stereocenters. The molecule has 4 nitrogen and oxygen atoms in total. The molecule has 19 heavy (non-hydrogen) atoms. The molecule has 1 aromatic rings. The molecular weight excluding hydrogens is 240 g/mol. The number of hydrogen-bond acceptors (Lipinski definition) is 4. The van der Waals surface area contributed by atoms with Gasteiger partial charge in [-0.1, -0.05) is 31.9 Å². The molecule has 0 saturated heterocycles. The Bertz CT molecular complexity index is 434. The molecule has 102 valence electrons. The van der Waals surface area contributed by atoms with Crippen LogP contribution < -0.4 is 5.32 Å². The van der Waals surface area contributed by atoms with E-state index in [1.807, 2.05) is 12.1 Å². The summed E-state index contributed by atoms with van der Waals surface area (Å²) in [5.74, 6) is -0.220. The highest BCUT2D eigenvalue weighted by Gasteiger charge is 2.17. The van der Waals surface area contributed by atoms with E-state index in [0.29, 0.717) is 12.1 Å². The summed E-state index contributed by atoms with van der Waals surface area (Å²) in [5.41, 5.74) is 1.68. The van der Waals surface area contributed by atoms with Crippen molar-refractivity contribution in [3.05, 3.63) is 35.4 Å². The number of carbonyl (C=O) groups is 1. The zero-order valence-electron chi connectivity index (χ0n) is 11.5. The molecule has 1 rings (SSSR count). The Balaban J connectivity index is 2.54. The Kier molecular flexibility index (Phi) is 6.62. The molecule has 4 heteroatoms. The summed E-state index contributed by atoms with van der Waals surface area (Å²) in [6.07, 6.45) is 2.81. The normalized spacial score (nSPS) is 11.6. The first-order valence-electron chi connectivity index (χ1n) is 6.51. The lowest BCUT2D eigenvalue weighted by atomic mass is 10.1. The fourth-order valence-electron chi connectivity index (χ4n) is 1.79. The van der Waals surface area contributed by atoms with Crippen molar-refractivity contribution < 1.29 is 9.53 Å². The van der Waals surface area contributed by atoms with E-state index < -0.39 is 0 Å². The molecule has 0 aliphatic carbocycles. The summed E-state index contributed by atoms with van der Waals surface area (Å²) >= 11 is 0. The van der Waals surface area contributed by atoms with Gasteiger partial charge in [-0.25, -0.2) is 0 Å². The first-order chi connectivity index (χ1) is 9.21. The maximum absolute atomic E-state index is 11.6. The van der Waals surface area contributed by atoms with Crippen LogP contribution in [0.3, 0.4) is 0 Å². The largest absolute Gasteiger partial charge is 0.468 e. The number of nitriles is 1. The molecule has 1 unspecified atom stereocenters. The van der Waals surface area contributed by atoms with Crippen molar-refractivity contribution in [1.29, 1.82) is 5.26 Å². The molecule has 0 spiro atoms. The van der Waals surface area contributed by atoms with E-state index in [1.165, 1.54) is 7.11 Å². The summed E-state index contributed by atoms with van der Waals surface area (Å²) in [6.45, 7) is 2.68. The maximum Gasteiger partial charge on any atom is 0.322 e. The highest BCUT2D eigenvalue weighted by Crippen LogP contribution is 2.06. The molecule has 0 fully saturated rings. The molecule has 0 aromatic heterocycles. The van der Waals surface area contributed by atoms with Crippen LogP contribution >= 0.6 is 0 Å². The summed E-state index contributed by atoms with van der Waals surface area (Å²) < 4.78 is 4.79. The van der Waals surface area contributed by atoms with E-state index in [9.17, 15) is 4.79 Å². The smallest absolute Gasteiger partial charge is 0.322 e. The van der Waals surface area contributed by atoms with Gasteiger partial charge in [0.05, 0.1) is 18.7 Å². The second kappa shape index (κ2) is 8.28. The Morgan fingerprint density at radius 1 is 1.42 bits per heavy atom. The van der Waals surface area contributed by atoms with Gasteiger partial charge in [0.2, 0.25) is 0 Å². The topological polar surface area (TPSA) is 62.1 Å². The molecule has 1 N–H and O–H groups in total. The lowest BCUT2D eigenvalue weighted by Crippen LogP contribution is -2.37. The van der Waals surface area contributed by atoms with Gasteiger partial charge in [0.25, 0.3) is 0 Å². The number of carbonyl (C=O) groups excluding carboxylic acids is 1. The number of rotatable bonds is 7. The fraction of sp³-hybridized carbons (Fsp3) is 0.467. The summed E-state index contributed by atoms with van der Waals surface area (Å²) in [6, 6.07) is 9.14. The summed E-state index contributed by atoms with van der Waals surface area (Å²) in [7, 11) is 1.41. The minimum atomic E-state index is -0.263. The van der Waals surface area contributed by atoms with Gasteiger partial charge >= 0.3 is 5.97 Å². The molecule has 0 radical (unpaired) electrons. The van der Waals surface area contributed by atoms with E-state index in [2.05, 4.69) is 18.3 Å². The van der Waals surface area contributed by atoms with Crippen LogP contribution in [0, 0.1) is 11.3 Å². The van der Waals surface area contributed by atoms with Gasteiger partial charge in [-0.05, 0) is 24.1 Å². The minimum Gasteiger partial charge on any atom is -0.468 e. The molecule has 0 aliphatic rings. The third-order valence-corrected chi connectivity index (χ3v) is 2.97. The van der Waals surface area contributed by atoms with Gasteiger partial charge in [0, 0.05) is 6.54 Å². The van der Waals surface area contributed by atoms with E-state index >= 15 is 0 Å². The quantitative estimate of drug-likeness (QED) is 0.765. The van der Waals surface area contributed by atoms with Crippen LogP contribution in [0.25, 0.3) is 0 Å². The highest BCUT2D eigenvalue weighted by molar-refractivity contribution is 5.75. The zero-order valence-corrected chi connectivity index (χ0v) is 11.5. The van der Waals surface area contributed by atoms with Crippen molar-refractivity contribution in [3.63, 3.8) is 0 Å². The second-order valence-electron chi connectivity index (χ2n) is 4.41. The van der Waals surface area contributed by atoms with Gasteiger partial charge in [-0.2, -0.15) is 5.26 Å². The lowest BCUT2D eigenvalue weighted by molar-refractivity contribution is -0.143. The Morgan fingerprint density at radius 2 is 2.11 bits per heavy atom. The zero-order chi connectivity index (χ0) is 14.1. The third-order valence-electron chi connectivity index (χ3n) is 2.97. The maximum atomic E-state index is 11.6. The van der Waals surface area contributed by atoms with Crippen molar-refractivity contribution in [2.45, 2.75) is 38.8 Å². The summed E-state index contributed by atoms with van der Waals surface area (Å²) in [5, 5.41) is 11.9. The van der Waals surface area contributed by atoms with Crippen LogP contribution in [-0.2, 0) is 16.1 Å².